The molecule has 0 saturated carbocycles. The summed E-state index contributed by atoms with van der Waals surface area (Å²) < 4.78 is 19.8. The van der Waals surface area contributed by atoms with Gasteiger partial charge in [-0.25, -0.2) is 4.39 Å². The third-order valence-electron chi connectivity index (χ3n) is 1.99. The first kappa shape index (κ1) is 9.51. The number of benzene rings is 1. The lowest BCUT2D eigenvalue weighted by molar-refractivity contribution is 0.381. The minimum atomic E-state index is -0.376. The lowest BCUT2D eigenvalue weighted by atomic mass is 10.3. The van der Waals surface area contributed by atoms with Gasteiger partial charge < -0.3 is 10.5 Å². The number of para-hydroxylation sites is 1. The van der Waals surface area contributed by atoms with Crippen LogP contribution in [0.2, 0.25) is 0 Å². The summed E-state index contributed by atoms with van der Waals surface area (Å²) in [6.07, 6.45) is 0. The highest BCUT2D eigenvalue weighted by Crippen LogP contribution is 2.21. The van der Waals surface area contributed by atoms with Crippen molar-refractivity contribution in [3.05, 3.63) is 36.1 Å². The van der Waals surface area contributed by atoms with Crippen molar-refractivity contribution in [2.24, 2.45) is 0 Å². The summed E-state index contributed by atoms with van der Waals surface area (Å²) in [4.78, 5) is 0. The third kappa shape index (κ3) is 1.63. The van der Waals surface area contributed by atoms with Gasteiger partial charge in [-0.2, -0.15) is 4.68 Å². The molecule has 0 aliphatic heterocycles. The van der Waals surface area contributed by atoms with E-state index in [0.29, 0.717) is 11.6 Å². The molecule has 0 unspecified atom stereocenters. The van der Waals surface area contributed by atoms with E-state index in [1.54, 1.807) is 18.2 Å². The molecule has 0 aliphatic rings. The molecule has 1 aromatic carbocycles. The van der Waals surface area contributed by atoms with Crippen molar-refractivity contribution in [3.8, 4) is 11.6 Å². The van der Waals surface area contributed by atoms with E-state index in [9.17, 15) is 4.39 Å². The van der Waals surface area contributed by atoms with Gasteiger partial charge in [-0.05, 0) is 12.1 Å². The van der Waals surface area contributed by atoms with Crippen LogP contribution in [-0.4, -0.2) is 16.9 Å². The lowest BCUT2D eigenvalue weighted by Crippen LogP contribution is -2.02. The Balaban J connectivity index is 2.58. The fourth-order valence-corrected chi connectivity index (χ4v) is 1.32. The Bertz CT molecular complexity index is 481. The van der Waals surface area contributed by atoms with Crippen molar-refractivity contribution >= 4 is 5.82 Å². The standard InChI is InChI=1S/C10H10FN3O/c1-15-10-6-9(12)13-14(10)8-5-3-2-4-7(8)11/h2-6H,1H3,(H2,12,13). The van der Waals surface area contributed by atoms with Gasteiger partial charge in [0.2, 0.25) is 5.88 Å². The van der Waals surface area contributed by atoms with Gasteiger partial charge in [0.25, 0.3) is 0 Å². The van der Waals surface area contributed by atoms with E-state index in [2.05, 4.69) is 5.10 Å². The Kier molecular flexibility index (Phi) is 2.29. The van der Waals surface area contributed by atoms with Crippen molar-refractivity contribution in [2.45, 2.75) is 0 Å². The molecule has 2 rings (SSSR count). The molecular weight excluding hydrogens is 197 g/mol. The highest BCUT2D eigenvalue weighted by Gasteiger charge is 2.11. The number of nitrogen functional groups attached to an aromatic ring is 1. The molecule has 0 bridgehead atoms. The van der Waals surface area contributed by atoms with Crippen LogP contribution in [0, 0.1) is 5.82 Å². The van der Waals surface area contributed by atoms with Gasteiger partial charge in [0.05, 0.1) is 7.11 Å². The number of halogens is 1. The second-order valence-corrected chi connectivity index (χ2v) is 2.97. The Labute approximate surface area is 86.1 Å². The van der Waals surface area contributed by atoms with Crippen LogP contribution < -0.4 is 10.5 Å². The number of anilines is 1. The zero-order valence-corrected chi connectivity index (χ0v) is 8.14. The zero-order valence-electron chi connectivity index (χ0n) is 8.14. The Morgan fingerprint density at radius 1 is 1.40 bits per heavy atom. The molecule has 0 saturated heterocycles. The van der Waals surface area contributed by atoms with Crippen LogP contribution in [0.5, 0.6) is 5.88 Å². The molecule has 0 atom stereocenters. The predicted octanol–water partition coefficient (Wildman–Crippen LogP) is 1.60. The molecule has 0 amide bonds. The molecule has 4 nitrogen and oxygen atoms in total. The number of methoxy groups -OCH3 is 1. The second-order valence-electron chi connectivity index (χ2n) is 2.97. The first-order valence-corrected chi connectivity index (χ1v) is 4.37. The molecule has 0 fully saturated rings. The summed E-state index contributed by atoms with van der Waals surface area (Å²) in [5.41, 5.74) is 5.82. The number of hydrogen-bond donors (Lipinski definition) is 1. The molecule has 0 aliphatic carbocycles. The van der Waals surface area contributed by atoms with Gasteiger partial charge in [0, 0.05) is 6.07 Å². The Morgan fingerprint density at radius 2 is 2.13 bits per heavy atom. The fraction of sp³-hybridized carbons (Fsp3) is 0.100. The third-order valence-corrected chi connectivity index (χ3v) is 1.99. The van der Waals surface area contributed by atoms with Crippen molar-refractivity contribution in [3.63, 3.8) is 0 Å². The average Bonchev–Trinajstić information content (AvgIpc) is 2.60. The van der Waals surface area contributed by atoms with Gasteiger partial charge in [-0.3, -0.25) is 0 Å². The van der Waals surface area contributed by atoms with Crippen LogP contribution in [0.4, 0.5) is 10.2 Å². The van der Waals surface area contributed by atoms with E-state index in [-0.39, 0.29) is 11.6 Å². The smallest absolute Gasteiger partial charge is 0.218 e. The van der Waals surface area contributed by atoms with Gasteiger partial charge in [-0.1, -0.05) is 12.1 Å². The summed E-state index contributed by atoms with van der Waals surface area (Å²) in [7, 11) is 1.48. The molecular formula is C10H10FN3O. The van der Waals surface area contributed by atoms with Crippen LogP contribution in [-0.2, 0) is 0 Å². The summed E-state index contributed by atoms with van der Waals surface area (Å²) in [5, 5.41) is 3.94. The van der Waals surface area contributed by atoms with Crippen LogP contribution in [0.3, 0.4) is 0 Å². The van der Waals surface area contributed by atoms with Crippen LogP contribution in [0.15, 0.2) is 30.3 Å². The van der Waals surface area contributed by atoms with Gasteiger partial charge in [0.15, 0.2) is 0 Å². The maximum absolute atomic E-state index is 13.4. The zero-order chi connectivity index (χ0) is 10.8. The summed E-state index contributed by atoms with van der Waals surface area (Å²) in [5.74, 6) is 0.312. The minimum Gasteiger partial charge on any atom is -0.481 e. The largest absolute Gasteiger partial charge is 0.481 e. The molecule has 1 heterocycles. The van der Waals surface area contributed by atoms with Crippen molar-refractivity contribution in [2.75, 3.05) is 12.8 Å². The molecule has 2 N–H and O–H groups in total. The number of nitrogens with zero attached hydrogens (tertiary/aromatic N) is 2. The van der Waals surface area contributed by atoms with Gasteiger partial charge >= 0.3 is 0 Å². The lowest BCUT2D eigenvalue weighted by Gasteiger charge is -2.05. The molecule has 1 aromatic heterocycles. The number of ether oxygens (including phenoxy) is 1. The number of hydrogen-bond acceptors (Lipinski definition) is 3. The van der Waals surface area contributed by atoms with Gasteiger partial charge in [-0.15, -0.1) is 5.10 Å². The first-order chi connectivity index (χ1) is 7.22. The predicted molar refractivity (Wildman–Crippen MR) is 54.5 cm³/mol. The molecule has 15 heavy (non-hydrogen) atoms. The summed E-state index contributed by atoms with van der Waals surface area (Å²) in [6.45, 7) is 0. The van der Waals surface area contributed by atoms with Crippen LogP contribution >= 0.6 is 0 Å². The van der Waals surface area contributed by atoms with Crippen molar-refractivity contribution < 1.29 is 9.13 Å². The molecule has 0 spiro atoms. The van der Waals surface area contributed by atoms with E-state index in [1.165, 1.54) is 23.9 Å². The van der Waals surface area contributed by atoms with Crippen LogP contribution in [0.25, 0.3) is 5.69 Å². The molecule has 0 radical (unpaired) electrons. The molecule has 5 heteroatoms. The van der Waals surface area contributed by atoms with Crippen molar-refractivity contribution in [1.82, 2.24) is 9.78 Å². The normalized spacial score (nSPS) is 10.3. The number of aromatic nitrogens is 2. The maximum Gasteiger partial charge on any atom is 0.218 e. The van der Waals surface area contributed by atoms with Gasteiger partial charge in [0.1, 0.15) is 17.3 Å². The van der Waals surface area contributed by atoms with E-state index >= 15 is 0 Å². The Hall–Kier alpha value is -2.04. The SMILES string of the molecule is COc1cc(N)nn1-c1ccccc1F. The van der Waals surface area contributed by atoms with E-state index in [0.717, 1.165) is 0 Å². The van der Waals surface area contributed by atoms with E-state index in [1.807, 2.05) is 0 Å². The highest BCUT2D eigenvalue weighted by molar-refractivity contribution is 5.42. The topological polar surface area (TPSA) is 53.1 Å². The minimum absolute atomic E-state index is 0.287. The Morgan fingerprint density at radius 3 is 2.80 bits per heavy atom. The monoisotopic (exact) mass is 207 g/mol. The molecule has 2 aromatic rings. The number of nitrogens with two attached hydrogens (primary N) is 1. The van der Waals surface area contributed by atoms with E-state index < -0.39 is 0 Å². The number of rotatable bonds is 2. The first-order valence-electron chi connectivity index (χ1n) is 4.37. The quantitative estimate of drug-likeness (QED) is 0.813. The summed E-state index contributed by atoms with van der Waals surface area (Å²) in [6, 6.07) is 7.82. The fourth-order valence-electron chi connectivity index (χ4n) is 1.32. The molecule has 78 valence electrons. The average molecular weight is 207 g/mol. The second kappa shape index (κ2) is 3.61. The van der Waals surface area contributed by atoms with E-state index in [4.69, 9.17) is 10.5 Å². The van der Waals surface area contributed by atoms with Crippen LogP contribution in [0.1, 0.15) is 0 Å². The summed E-state index contributed by atoms with van der Waals surface area (Å²) >= 11 is 0. The maximum atomic E-state index is 13.4. The van der Waals surface area contributed by atoms with Crippen molar-refractivity contribution in [1.29, 1.82) is 0 Å². The highest BCUT2D eigenvalue weighted by atomic mass is 19.1.